The topological polar surface area (TPSA) is 26.3 Å². The van der Waals surface area contributed by atoms with Crippen LogP contribution in [-0.2, 0) is 0 Å². The van der Waals surface area contributed by atoms with Gasteiger partial charge in [0.1, 0.15) is 12.0 Å². The Bertz CT molecular complexity index is 600. The molecule has 0 amide bonds. The molecule has 0 saturated heterocycles. The molecule has 2 aromatic rings. The highest BCUT2D eigenvalue weighted by Crippen LogP contribution is 2.28. The van der Waals surface area contributed by atoms with Gasteiger partial charge in [0.05, 0.1) is 6.61 Å². The second-order valence-electron chi connectivity index (χ2n) is 5.38. The first kappa shape index (κ1) is 12.9. The largest absolute Gasteiger partial charge is 0.493 e. The summed E-state index contributed by atoms with van der Waals surface area (Å²) in [6.45, 7) is 0.817. The molecule has 0 N–H and O–H groups in total. The van der Waals surface area contributed by atoms with Gasteiger partial charge in [0.15, 0.2) is 0 Å². The maximum atomic E-state index is 10.8. The molecule has 0 aliphatic heterocycles. The van der Waals surface area contributed by atoms with Crippen LogP contribution in [0.1, 0.15) is 29.6 Å². The van der Waals surface area contributed by atoms with Crippen molar-refractivity contribution < 1.29 is 9.53 Å². The van der Waals surface area contributed by atoms with E-state index in [1.807, 2.05) is 48.5 Å². The molecule has 0 bridgehead atoms. The van der Waals surface area contributed by atoms with Crippen LogP contribution >= 0.6 is 0 Å². The van der Waals surface area contributed by atoms with Crippen molar-refractivity contribution >= 4 is 6.29 Å². The molecule has 0 atom stereocenters. The van der Waals surface area contributed by atoms with E-state index in [0.717, 1.165) is 35.7 Å². The van der Waals surface area contributed by atoms with E-state index in [-0.39, 0.29) is 0 Å². The first-order chi connectivity index (χ1) is 9.85. The monoisotopic (exact) mass is 266 g/mol. The second-order valence-corrected chi connectivity index (χ2v) is 5.38. The van der Waals surface area contributed by atoms with Crippen molar-refractivity contribution in [1.82, 2.24) is 0 Å². The minimum Gasteiger partial charge on any atom is -0.493 e. The lowest BCUT2D eigenvalue weighted by molar-refractivity contribution is 0.112. The van der Waals surface area contributed by atoms with Crippen molar-refractivity contribution in [1.29, 1.82) is 0 Å². The first-order valence-corrected chi connectivity index (χ1v) is 7.13. The molecular weight excluding hydrogens is 248 g/mol. The zero-order valence-electron chi connectivity index (χ0n) is 11.4. The number of ether oxygens (including phenoxy) is 1. The molecule has 2 heteroatoms. The third-order valence-electron chi connectivity index (χ3n) is 3.90. The van der Waals surface area contributed by atoms with Gasteiger partial charge in [-0.3, -0.25) is 4.79 Å². The molecule has 1 aliphatic carbocycles. The van der Waals surface area contributed by atoms with Gasteiger partial charge in [-0.15, -0.1) is 0 Å². The third kappa shape index (κ3) is 2.90. The predicted octanol–water partition coefficient (Wildman–Crippen LogP) is 4.35. The molecule has 20 heavy (non-hydrogen) atoms. The van der Waals surface area contributed by atoms with Gasteiger partial charge in [0.25, 0.3) is 0 Å². The van der Waals surface area contributed by atoms with E-state index in [1.165, 1.54) is 19.3 Å². The van der Waals surface area contributed by atoms with Crippen LogP contribution in [0.2, 0.25) is 0 Å². The van der Waals surface area contributed by atoms with Crippen LogP contribution in [0.5, 0.6) is 5.75 Å². The highest BCUT2D eigenvalue weighted by Gasteiger charge is 2.17. The van der Waals surface area contributed by atoms with Gasteiger partial charge in [-0.05, 0) is 48.1 Å². The van der Waals surface area contributed by atoms with Gasteiger partial charge in [0, 0.05) is 5.56 Å². The van der Waals surface area contributed by atoms with Crippen molar-refractivity contribution in [3.8, 4) is 16.9 Å². The van der Waals surface area contributed by atoms with Crippen molar-refractivity contribution in [2.75, 3.05) is 6.61 Å². The number of hydrogen-bond donors (Lipinski definition) is 0. The smallest absolute Gasteiger partial charge is 0.150 e. The molecule has 0 unspecified atom stereocenters. The summed E-state index contributed by atoms with van der Waals surface area (Å²) in [6.07, 6.45) is 4.80. The molecule has 3 rings (SSSR count). The summed E-state index contributed by atoms with van der Waals surface area (Å²) in [5.41, 5.74) is 2.83. The number of hydrogen-bond acceptors (Lipinski definition) is 2. The van der Waals surface area contributed by atoms with E-state index in [2.05, 4.69) is 0 Å². The molecule has 1 fully saturated rings. The maximum Gasteiger partial charge on any atom is 0.150 e. The van der Waals surface area contributed by atoms with Gasteiger partial charge in [-0.2, -0.15) is 0 Å². The fourth-order valence-electron chi connectivity index (χ4n) is 2.43. The zero-order chi connectivity index (χ0) is 13.8. The molecular formula is C18H18O2. The van der Waals surface area contributed by atoms with Gasteiger partial charge in [0.2, 0.25) is 0 Å². The Kier molecular flexibility index (Phi) is 3.82. The SMILES string of the molecule is O=Cc1cccc(-c2cccc(OCC3CCC3)c2)c1. The summed E-state index contributed by atoms with van der Waals surface area (Å²) in [6, 6.07) is 15.7. The third-order valence-corrected chi connectivity index (χ3v) is 3.90. The molecule has 1 saturated carbocycles. The average molecular weight is 266 g/mol. The normalized spacial score (nSPS) is 14.6. The minimum atomic E-state index is 0.697. The van der Waals surface area contributed by atoms with E-state index in [1.54, 1.807) is 0 Å². The van der Waals surface area contributed by atoms with E-state index < -0.39 is 0 Å². The second kappa shape index (κ2) is 5.91. The lowest BCUT2D eigenvalue weighted by Gasteiger charge is -2.25. The van der Waals surface area contributed by atoms with Gasteiger partial charge < -0.3 is 4.74 Å². The predicted molar refractivity (Wildman–Crippen MR) is 80.1 cm³/mol. The number of carbonyl (C=O) groups excluding carboxylic acids is 1. The van der Waals surface area contributed by atoms with Crippen molar-refractivity contribution in [3.05, 3.63) is 54.1 Å². The van der Waals surface area contributed by atoms with Gasteiger partial charge >= 0.3 is 0 Å². The van der Waals surface area contributed by atoms with E-state index in [4.69, 9.17) is 4.74 Å². The summed E-state index contributed by atoms with van der Waals surface area (Å²) < 4.78 is 5.86. The number of aldehydes is 1. The summed E-state index contributed by atoms with van der Waals surface area (Å²) in [7, 11) is 0. The van der Waals surface area contributed by atoms with Gasteiger partial charge in [-0.25, -0.2) is 0 Å². The Balaban J connectivity index is 1.76. The zero-order valence-corrected chi connectivity index (χ0v) is 11.4. The Morgan fingerprint density at radius 2 is 1.80 bits per heavy atom. The number of carbonyl (C=O) groups is 1. The molecule has 0 aromatic heterocycles. The summed E-state index contributed by atoms with van der Waals surface area (Å²) >= 11 is 0. The Morgan fingerprint density at radius 3 is 2.50 bits per heavy atom. The van der Waals surface area contributed by atoms with Crippen molar-refractivity contribution in [2.45, 2.75) is 19.3 Å². The molecule has 102 valence electrons. The Hall–Kier alpha value is -2.09. The molecule has 0 heterocycles. The summed E-state index contributed by atoms with van der Waals surface area (Å²) in [4.78, 5) is 10.8. The minimum absolute atomic E-state index is 0.697. The number of rotatable bonds is 5. The average Bonchev–Trinajstić information content (AvgIpc) is 2.46. The highest BCUT2D eigenvalue weighted by atomic mass is 16.5. The van der Waals surface area contributed by atoms with Crippen LogP contribution < -0.4 is 4.74 Å². The Labute approximate surface area is 119 Å². The van der Waals surface area contributed by atoms with Crippen LogP contribution in [0.3, 0.4) is 0 Å². The van der Waals surface area contributed by atoms with Crippen LogP contribution in [0, 0.1) is 5.92 Å². The fourth-order valence-corrected chi connectivity index (χ4v) is 2.43. The van der Waals surface area contributed by atoms with E-state index in [0.29, 0.717) is 5.56 Å². The van der Waals surface area contributed by atoms with Crippen LogP contribution in [0.15, 0.2) is 48.5 Å². The highest BCUT2D eigenvalue weighted by molar-refractivity contribution is 5.79. The molecule has 2 nitrogen and oxygen atoms in total. The van der Waals surface area contributed by atoms with Crippen LogP contribution in [0.25, 0.3) is 11.1 Å². The van der Waals surface area contributed by atoms with Crippen LogP contribution in [0.4, 0.5) is 0 Å². The standard InChI is InChI=1S/C18H18O2/c19-12-15-6-2-7-16(10-15)17-8-3-9-18(11-17)20-13-14-4-1-5-14/h2-3,6-12,14H,1,4-5,13H2. The lowest BCUT2D eigenvalue weighted by atomic mass is 9.86. The molecule has 2 aromatic carbocycles. The fraction of sp³-hybridized carbons (Fsp3) is 0.278. The quantitative estimate of drug-likeness (QED) is 0.752. The van der Waals surface area contributed by atoms with E-state index >= 15 is 0 Å². The maximum absolute atomic E-state index is 10.8. The first-order valence-electron chi connectivity index (χ1n) is 7.13. The molecule has 0 spiro atoms. The Morgan fingerprint density at radius 1 is 1.05 bits per heavy atom. The van der Waals surface area contributed by atoms with E-state index in [9.17, 15) is 4.79 Å². The summed E-state index contributed by atoms with van der Waals surface area (Å²) in [5, 5.41) is 0. The van der Waals surface area contributed by atoms with Crippen molar-refractivity contribution in [3.63, 3.8) is 0 Å². The number of benzene rings is 2. The molecule has 0 radical (unpaired) electrons. The molecule has 1 aliphatic rings. The summed E-state index contributed by atoms with van der Waals surface area (Å²) in [5.74, 6) is 1.64. The van der Waals surface area contributed by atoms with Gasteiger partial charge in [-0.1, -0.05) is 36.8 Å². The van der Waals surface area contributed by atoms with Crippen molar-refractivity contribution in [2.24, 2.45) is 5.92 Å². The van der Waals surface area contributed by atoms with Crippen LogP contribution in [-0.4, -0.2) is 12.9 Å². The lowest BCUT2D eigenvalue weighted by Crippen LogP contribution is -2.19.